The van der Waals surface area contributed by atoms with Crippen molar-refractivity contribution in [3.63, 3.8) is 0 Å². The van der Waals surface area contributed by atoms with Gasteiger partial charge in [-0.15, -0.1) is 0 Å². The number of aliphatic hydroxyl groups is 2. The minimum absolute atomic E-state index is 0.336. The first-order valence-electron chi connectivity index (χ1n) is 11.2. The lowest BCUT2D eigenvalue weighted by Gasteiger charge is -2.23. The zero-order chi connectivity index (χ0) is 24.1. The van der Waals surface area contributed by atoms with Gasteiger partial charge >= 0.3 is 0 Å². The predicted octanol–water partition coefficient (Wildman–Crippen LogP) is 2.88. The first kappa shape index (κ1) is 22.8. The molecule has 10 heteroatoms. The average molecular weight is 473 g/mol. The van der Waals surface area contributed by atoms with Gasteiger partial charge in [-0.2, -0.15) is 0 Å². The normalized spacial score (nSPS) is 22.4. The van der Waals surface area contributed by atoms with Crippen LogP contribution in [0.4, 0.5) is 19.0 Å². The van der Waals surface area contributed by atoms with Crippen LogP contribution in [0.2, 0.25) is 0 Å². The van der Waals surface area contributed by atoms with Crippen LogP contribution < -0.4 is 11.1 Å². The zero-order valence-corrected chi connectivity index (χ0v) is 18.6. The van der Waals surface area contributed by atoms with E-state index in [4.69, 9.17) is 5.73 Å². The molecule has 5 rings (SSSR count). The third kappa shape index (κ3) is 3.66. The van der Waals surface area contributed by atoms with Crippen LogP contribution in [-0.2, 0) is 19.4 Å². The molecule has 3 atom stereocenters. The highest BCUT2D eigenvalue weighted by molar-refractivity contribution is 5.89. The molecule has 2 aromatic heterocycles. The number of aromatic nitrogens is 3. The van der Waals surface area contributed by atoms with E-state index in [1.807, 2.05) is 13.1 Å². The van der Waals surface area contributed by atoms with E-state index in [-0.39, 0.29) is 0 Å². The fraction of sp³-hybridized carbons (Fsp3) is 0.417. The predicted molar refractivity (Wildman–Crippen MR) is 121 cm³/mol. The van der Waals surface area contributed by atoms with Crippen LogP contribution in [0.5, 0.6) is 0 Å². The number of anilines is 1. The minimum Gasteiger partial charge on any atom is -0.388 e. The van der Waals surface area contributed by atoms with Crippen LogP contribution in [0, 0.1) is 12.7 Å². The molecule has 1 aliphatic heterocycles. The van der Waals surface area contributed by atoms with Crippen molar-refractivity contribution in [1.29, 1.82) is 0 Å². The summed E-state index contributed by atoms with van der Waals surface area (Å²) in [5.74, 6) is -0.481. The van der Waals surface area contributed by atoms with Gasteiger partial charge in [-0.1, -0.05) is 6.08 Å². The van der Waals surface area contributed by atoms with Crippen molar-refractivity contribution in [2.24, 2.45) is 0 Å². The van der Waals surface area contributed by atoms with E-state index < -0.39 is 36.1 Å². The Bertz CT molecular complexity index is 1290. The number of nitrogens with one attached hydrogen (secondary N) is 1. The average Bonchev–Trinajstić information content (AvgIpc) is 3.30. The number of hydrogen-bond acceptors (Lipinski definition) is 6. The quantitative estimate of drug-likeness (QED) is 0.425. The van der Waals surface area contributed by atoms with Crippen molar-refractivity contribution in [3.05, 3.63) is 63.9 Å². The van der Waals surface area contributed by atoms with Crippen molar-refractivity contribution >= 4 is 16.9 Å². The van der Waals surface area contributed by atoms with Gasteiger partial charge in [-0.25, -0.2) is 23.1 Å². The van der Waals surface area contributed by atoms with Crippen LogP contribution in [0.25, 0.3) is 11.0 Å². The van der Waals surface area contributed by atoms with Gasteiger partial charge in [-0.3, -0.25) is 0 Å². The largest absolute Gasteiger partial charge is 0.388 e. The molecule has 0 saturated carbocycles. The number of hydrogen-bond donors (Lipinski definition) is 4. The molecule has 2 aliphatic rings. The monoisotopic (exact) mass is 473 g/mol. The number of nitrogen functional groups attached to an aromatic ring is 1. The summed E-state index contributed by atoms with van der Waals surface area (Å²) in [4.78, 5) is 8.33. The molecule has 3 heterocycles. The SMILES string of the molecule is Cc1cn([C@H]2C=C(CCc3cc(C(F)F)c(F)c4c3CNCC4)[C@@H](O)[C@H]2O)c2ncnc(N)c12. The molecule has 0 radical (unpaired) electrons. The molecule has 1 aromatic carbocycles. The van der Waals surface area contributed by atoms with Gasteiger partial charge < -0.3 is 25.8 Å². The highest BCUT2D eigenvalue weighted by Crippen LogP contribution is 2.37. The molecule has 3 aromatic rings. The Labute approximate surface area is 194 Å². The van der Waals surface area contributed by atoms with Crippen LogP contribution in [0.15, 0.2) is 30.2 Å². The molecule has 5 N–H and O–H groups in total. The van der Waals surface area contributed by atoms with Crippen molar-refractivity contribution in [1.82, 2.24) is 19.9 Å². The minimum atomic E-state index is -2.90. The number of alkyl halides is 2. The van der Waals surface area contributed by atoms with E-state index in [1.165, 1.54) is 12.4 Å². The summed E-state index contributed by atoms with van der Waals surface area (Å²) in [6.45, 7) is 2.81. The Hall–Kier alpha value is -2.95. The summed E-state index contributed by atoms with van der Waals surface area (Å²) < 4.78 is 43.3. The Morgan fingerprint density at radius 1 is 1.24 bits per heavy atom. The van der Waals surface area contributed by atoms with Gasteiger partial charge in [0, 0.05) is 12.7 Å². The van der Waals surface area contributed by atoms with E-state index in [1.54, 1.807) is 10.6 Å². The molecular weight excluding hydrogens is 447 g/mol. The summed E-state index contributed by atoms with van der Waals surface area (Å²) in [7, 11) is 0. The van der Waals surface area contributed by atoms with E-state index in [2.05, 4.69) is 15.3 Å². The maximum atomic E-state index is 14.6. The number of nitrogens with two attached hydrogens (primary N) is 1. The van der Waals surface area contributed by atoms with E-state index >= 15 is 0 Å². The molecular formula is C24H26F3N5O2. The Morgan fingerprint density at radius 3 is 2.79 bits per heavy atom. The fourth-order valence-electron chi connectivity index (χ4n) is 5.23. The van der Waals surface area contributed by atoms with Gasteiger partial charge in [0.25, 0.3) is 6.43 Å². The maximum absolute atomic E-state index is 14.6. The van der Waals surface area contributed by atoms with E-state index in [0.717, 1.165) is 5.56 Å². The first-order valence-corrected chi connectivity index (χ1v) is 11.2. The number of fused-ring (bicyclic) bond motifs is 2. The lowest BCUT2D eigenvalue weighted by atomic mass is 9.89. The van der Waals surface area contributed by atoms with Crippen LogP contribution in [0.3, 0.4) is 0 Å². The van der Waals surface area contributed by atoms with Crippen LogP contribution >= 0.6 is 0 Å². The topological polar surface area (TPSA) is 109 Å². The number of nitrogens with zero attached hydrogens (tertiary/aromatic N) is 3. The smallest absolute Gasteiger partial charge is 0.266 e. The third-order valence-corrected chi connectivity index (χ3v) is 6.96. The lowest BCUT2D eigenvalue weighted by Crippen LogP contribution is -2.29. The zero-order valence-electron chi connectivity index (χ0n) is 18.6. The standard InChI is InChI=1S/C24H26F3N5O2/c1-11-9-32(24-18(11)23(28)30-10-31-24)17-7-13(20(33)21(17)34)3-2-12-6-15(22(26)27)19(25)14-4-5-29-8-16(12)14/h6-7,9-10,17,20-22,29,33-34H,2-5,8H2,1H3,(H2,28,30,31)/t17-,20+,21-/m0/s1. The van der Waals surface area contributed by atoms with Crippen molar-refractivity contribution in [2.75, 3.05) is 12.3 Å². The molecule has 0 bridgehead atoms. The number of halogens is 3. The second kappa shape index (κ2) is 8.68. The maximum Gasteiger partial charge on any atom is 0.266 e. The second-order valence-corrected chi connectivity index (χ2v) is 8.97. The molecule has 0 amide bonds. The van der Waals surface area contributed by atoms with Crippen LogP contribution in [0.1, 0.15) is 46.7 Å². The number of rotatable bonds is 5. The van der Waals surface area contributed by atoms with E-state index in [9.17, 15) is 23.4 Å². The van der Waals surface area contributed by atoms with Gasteiger partial charge in [0.2, 0.25) is 0 Å². The molecule has 0 fully saturated rings. The Morgan fingerprint density at radius 2 is 2.03 bits per heavy atom. The summed E-state index contributed by atoms with van der Waals surface area (Å²) in [5.41, 5.74) is 9.09. The highest BCUT2D eigenvalue weighted by atomic mass is 19.3. The van der Waals surface area contributed by atoms with Gasteiger partial charge in [-0.05, 0) is 66.6 Å². The van der Waals surface area contributed by atoms with Crippen molar-refractivity contribution < 1.29 is 23.4 Å². The van der Waals surface area contributed by atoms with Crippen molar-refractivity contribution in [2.45, 2.75) is 57.4 Å². The van der Waals surface area contributed by atoms with Gasteiger partial charge in [0.1, 0.15) is 35.8 Å². The molecule has 0 spiro atoms. The first-order chi connectivity index (χ1) is 16.3. The summed E-state index contributed by atoms with van der Waals surface area (Å²) in [6, 6.07) is 0.667. The Kier molecular flexibility index (Phi) is 5.83. The van der Waals surface area contributed by atoms with Crippen LogP contribution in [-0.4, -0.2) is 43.5 Å². The van der Waals surface area contributed by atoms with Gasteiger partial charge in [0.05, 0.1) is 17.0 Å². The molecule has 0 unspecified atom stereocenters. The summed E-state index contributed by atoms with van der Waals surface area (Å²) in [5, 5.41) is 25.4. The van der Waals surface area contributed by atoms with E-state index in [0.29, 0.717) is 71.5 Å². The molecule has 1 aliphatic carbocycles. The summed E-state index contributed by atoms with van der Waals surface area (Å²) in [6.07, 6.45) is 0.849. The number of benzene rings is 1. The van der Waals surface area contributed by atoms with Gasteiger partial charge in [0.15, 0.2) is 0 Å². The highest BCUT2D eigenvalue weighted by Gasteiger charge is 2.36. The molecule has 180 valence electrons. The fourth-order valence-corrected chi connectivity index (χ4v) is 5.23. The second-order valence-electron chi connectivity index (χ2n) is 8.97. The molecule has 0 saturated heterocycles. The molecule has 34 heavy (non-hydrogen) atoms. The third-order valence-electron chi connectivity index (χ3n) is 6.96. The number of aliphatic hydroxyl groups excluding tert-OH is 2. The molecule has 7 nitrogen and oxygen atoms in total. The summed E-state index contributed by atoms with van der Waals surface area (Å²) >= 11 is 0. The Balaban J connectivity index is 1.46. The van der Waals surface area contributed by atoms with Crippen molar-refractivity contribution in [3.8, 4) is 0 Å². The number of aryl methyl sites for hydroxylation is 2. The lowest BCUT2D eigenvalue weighted by molar-refractivity contribution is 0.0317.